The van der Waals surface area contributed by atoms with Gasteiger partial charge in [-0.3, -0.25) is 10.6 Å². The lowest BCUT2D eigenvalue weighted by atomic mass is 10.1. The highest BCUT2D eigenvalue weighted by Crippen LogP contribution is 2.18. The molecule has 2 aromatic rings. The van der Waals surface area contributed by atoms with Crippen molar-refractivity contribution >= 4 is 17.4 Å². The number of nitrogens with one attached hydrogen (secondary N) is 2. The molecule has 2 rings (SSSR count). The summed E-state index contributed by atoms with van der Waals surface area (Å²) in [5.41, 5.74) is 4.79. The third kappa shape index (κ3) is 2.80. The van der Waals surface area contributed by atoms with Gasteiger partial charge in [0.25, 0.3) is 5.91 Å². The molecule has 0 atom stereocenters. The summed E-state index contributed by atoms with van der Waals surface area (Å²) in [5.74, 6) is 5.87. The Bertz CT molecular complexity index is 618. The summed E-state index contributed by atoms with van der Waals surface area (Å²) in [5, 5.41) is 7.06. The smallest absolute Gasteiger partial charge is 0.257 e. The van der Waals surface area contributed by atoms with Gasteiger partial charge < -0.3 is 10.7 Å². The number of hydrazine groups is 1. The van der Waals surface area contributed by atoms with Crippen molar-refractivity contribution in [3.8, 4) is 0 Å². The second-order valence-electron chi connectivity index (χ2n) is 4.88. The highest BCUT2D eigenvalue weighted by Gasteiger charge is 2.13. The first-order valence-electron chi connectivity index (χ1n) is 6.45. The highest BCUT2D eigenvalue weighted by atomic mass is 16.1. The molecule has 0 fully saturated rings. The number of benzene rings is 1. The molecular formula is C14H19N5O. The molecule has 1 aromatic carbocycles. The van der Waals surface area contributed by atoms with Crippen LogP contribution in [0, 0.1) is 6.92 Å². The van der Waals surface area contributed by atoms with Crippen LogP contribution in [0.1, 0.15) is 35.8 Å². The number of nitrogens with zero attached hydrogens (tertiary/aromatic N) is 2. The summed E-state index contributed by atoms with van der Waals surface area (Å²) in [6.07, 6.45) is 1.67. The minimum Gasteiger partial charge on any atom is -0.324 e. The Kier molecular flexibility index (Phi) is 4.05. The quantitative estimate of drug-likeness (QED) is 0.589. The van der Waals surface area contributed by atoms with Crippen LogP contribution in [-0.4, -0.2) is 15.7 Å². The predicted molar refractivity (Wildman–Crippen MR) is 79.6 cm³/mol. The van der Waals surface area contributed by atoms with E-state index < -0.39 is 0 Å². The molecule has 1 amide bonds. The first kappa shape index (κ1) is 14.1. The summed E-state index contributed by atoms with van der Waals surface area (Å²) in [6.45, 7) is 5.89. The van der Waals surface area contributed by atoms with E-state index in [4.69, 9.17) is 5.84 Å². The van der Waals surface area contributed by atoms with Gasteiger partial charge in [-0.25, -0.2) is 4.68 Å². The monoisotopic (exact) mass is 273 g/mol. The Hall–Kier alpha value is -2.34. The van der Waals surface area contributed by atoms with Gasteiger partial charge >= 0.3 is 0 Å². The lowest BCUT2D eigenvalue weighted by molar-refractivity contribution is 0.102. The zero-order chi connectivity index (χ0) is 14.7. The molecule has 0 saturated carbocycles. The number of hydrogen-bond donors (Lipinski definition) is 3. The van der Waals surface area contributed by atoms with Crippen molar-refractivity contribution in [1.82, 2.24) is 9.78 Å². The van der Waals surface area contributed by atoms with E-state index in [1.807, 2.05) is 26.8 Å². The summed E-state index contributed by atoms with van der Waals surface area (Å²) in [4.78, 5) is 12.3. The van der Waals surface area contributed by atoms with Gasteiger partial charge in [0.05, 0.1) is 6.20 Å². The molecule has 0 saturated heterocycles. The van der Waals surface area contributed by atoms with Gasteiger partial charge in [0.15, 0.2) is 0 Å². The van der Waals surface area contributed by atoms with Gasteiger partial charge in [-0.2, -0.15) is 5.10 Å². The van der Waals surface area contributed by atoms with E-state index in [1.54, 1.807) is 29.1 Å². The number of carbonyl (C=O) groups excluding carboxylic acids is 1. The molecule has 0 aliphatic rings. The summed E-state index contributed by atoms with van der Waals surface area (Å²) >= 11 is 0. The number of nitrogens with two attached hydrogens (primary N) is 1. The largest absolute Gasteiger partial charge is 0.324 e. The first-order valence-corrected chi connectivity index (χ1v) is 6.45. The van der Waals surface area contributed by atoms with Crippen molar-refractivity contribution < 1.29 is 4.79 Å². The summed E-state index contributed by atoms with van der Waals surface area (Å²) in [6, 6.07) is 7.31. The zero-order valence-corrected chi connectivity index (χ0v) is 11.8. The maximum Gasteiger partial charge on any atom is 0.257 e. The lowest BCUT2D eigenvalue weighted by Crippen LogP contribution is -2.18. The van der Waals surface area contributed by atoms with Crippen LogP contribution in [0.2, 0.25) is 0 Å². The predicted octanol–water partition coefficient (Wildman–Crippen LogP) is 2.31. The lowest BCUT2D eigenvalue weighted by Gasteiger charge is -2.13. The Morgan fingerprint density at radius 2 is 2.10 bits per heavy atom. The number of rotatable bonds is 4. The van der Waals surface area contributed by atoms with E-state index in [-0.39, 0.29) is 11.9 Å². The Balaban J connectivity index is 2.22. The molecule has 4 N–H and O–H groups in total. The van der Waals surface area contributed by atoms with Crippen LogP contribution < -0.4 is 16.6 Å². The van der Waals surface area contributed by atoms with Crippen LogP contribution in [0.3, 0.4) is 0 Å². The summed E-state index contributed by atoms with van der Waals surface area (Å²) < 4.78 is 1.77. The van der Waals surface area contributed by atoms with E-state index in [0.29, 0.717) is 11.4 Å². The molecule has 6 nitrogen and oxygen atoms in total. The van der Waals surface area contributed by atoms with E-state index in [0.717, 1.165) is 11.3 Å². The molecule has 20 heavy (non-hydrogen) atoms. The van der Waals surface area contributed by atoms with Gasteiger partial charge in [0.2, 0.25) is 0 Å². The van der Waals surface area contributed by atoms with Gasteiger partial charge in [0, 0.05) is 23.4 Å². The van der Waals surface area contributed by atoms with Crippen molar-refractivity contribution in [3.63, 3.8) is 0 Å². The maximum atomic E-state index is 12.3. The normalized spacial score (nSPS) is 10.7. The molecule has 106 valence electrons. The molecule has 0 bridgehead atoms. The minimum atomic E-state index is -0.159. The maximum absolute atomic E-state index is 12.3. The molecule has 1 aromatic heterocycles. The van der Waals surface area contributed by atoms with Crippen LogP contribution in [0.5, 0.6) is 0 Å². The highest BCUT2D eigenvalue weighted by molar-refractivity contribution is 6.05. The minimum absolute atomic E-state index is 0.159. The first-order chi connectivity index (χ1) is 9.52. The fourth-order valence-electron chi connectivity index (χ4n) is 2.02. The topological polar surface area (TPSA) is 85.0 Å². The SMILES string of the molecule is Cc1cc(NN)ccc1C(=O)Nc1ccnn1C(C)C. The van der Waals surface area contributed by atoms with Gasteiger partial charge in [-0.1, -0.05) is 0 Å². The van der Waals surface area contributed by atoms with Crippen molar-refractivity contribution in [2.75, 3.05) is 10.7 Å². The van der Waals surface area contributed by atoms with E-state index in [9.17, 15) is 4.79 Å². The average molecular weight is 273 g/mol. The number of aromatic nitrogens is 2. The molecule has 0 spiro atoms. The van der Waals surface area contributed by atoms with Crippen molar-refractivity contribution in [1.29, 1.82) is 0 Å². The standard InChI is InChI=1S/C14H19N5O/c1-9(2)19-13(6-7-16-19)17-14(20)12-5-4-11(18-15)8-10(12)3/h4-9,18H,15H2,1-3H3,(H,17,20). The zero-order valence-electron chi connectivity index (χ0n) is 11.8. The number of carbonyl (C=O) groups is 1. The van der Waals surface area contributed by atoms with Crippen LogP contribution in [-0.2, 0) is 0 Å². The second-order valence-corrected chi connectivity index (χ2v) is 4.88. The summed E-state index contributed by atoms with van der Waals surface area (Å²) in [7, 11) is 0. The number of amides is 1. The van der Waals surface area contributed by atoms with Crippen molar-refractivity contribution in [2.24, 2.45) is 5.84 Å². The van der Waals surface area contributed by atoms with Crippen LogP contribution >= 0.6 is 0 Å². The van der Waals surface area contributed by atoms with Crippen molar-refractivity contribution in [3.05, 3.63) is 41.6 Å². The van der Waals surface area contributed by atoms with Crippen LogP contribution in [0.25, 0.3) is 0 Å². The van der Waals surface area contributed by atoms with E-state index in [2.05, 4.69) is 15.8 Å². The number of aryl methyl sites for hydroxylation is 1. The van der Waals surface area contributed by atoms with E-state index >= 15 is 0 Å². The van der Waals surface area contributed by atoms with Crippen LogP contribution in [0.15, 0.2) is 30.5 Å². The molecule has 1 heterocycles. The third-order valence-electron chi connectivity index (χ3n) is 3.04. The second kappa shape index (κ2) is 5.75. The number of anilines is 2. The molecule has 6 heteroatoms. The van der Waals surface area contributed by atoms with Gasteiger partial charge in [0.1, 0.15) is 5.82 Å². The third-order valence-corrected chi connectivity index (χ3v) is 3.04. The fraction of sp³-hybridized carbons (Fsp3) is 0.286. The molecule has 0 aliphatic heterocycles. The van der Waals surface area contributed by atoms with Crippen molar-refractivity contribution in [2.45, 2.75) is 26.8 Å². The average Bonchev–Trinajstić information content (AvgIpc) is 2.86. The Labute approximate surface area is 117 Å². The van der Waals surface area contributed by atoms with E-state index in [1.165, 1.54) is 0 Å². The Morgan fingerprint density at radius 1 is 1.35 bits per heavy atom. The van der Waals surface area contributed by atoms with Gasteiger partial charge in [-0.05, 0) is 44.5 Å². The Morgan fingerprint density at radius 3 is 2.70 bits per heavy atom. The molecule has 0 aliphatic carbocycles. The fourth-order valence-corrected chi connectivity index (χ4v) is 2.02. The number of hydrogen-bond acceptors (Lipinski definition) is 4. The number of nitrogen functional groups attached to an aromatic ring is 1. The molecular weight excluding hydrogens is 254 g/mol. The van der Waals surface area contributed by atoms with Gasteiger partial charge in [-0.15, -0.1) is 0 Å². The molecule has 0 unspecified atom stereocenters. The molecule has 0 radical (unpaired) electrons. The van der Waals surface area contributed by atoms with Crippen LogP contribution in [0.4, 0.5) is 11.5 Å².